The number of aromatic nitrogens is 4. The Morgan fingerprint density at radius 3 is 2.76 bits per heavy atom. The number of carbonyl (C=O) groups excluding carboxylic acids is 1. The molecule has 0 aliphatic heterocycles. The lowest BCUT2D eigenvalue weighted by Gasteiger charge is -2.11. The number of ether oxygens (including phenoxy) is 1. The molecule has 0 unspecified atom stereocenters. The van der Waals surface area contributed by atoms with Crippen LogP contribution in [0.5, 0.6) is 0 Å². The van der Waals surface area contributed by atoms with Gasteiger partial charge in [0.25, 0.3) is 0 Å². The van der Waals surface area contributed by atoms with E-state index < -0.39 is 5.97 Å². The van der Waals surface area contributed by atoms with Crippen molar-refractivity contribution in [1.29, 1.82) is 0 Å². The molecule has 0 spiro atoms. The van der Waals surface area contributed by atoms with Crippen molar-refractivity contribution >= 4 is 33.5 Å². The summed E-state index contributed by atoms with van der Waals surface area (Å²) >= 11 is 9.62. The van der Waals surface area contributed by atoms with Crippen LogP contribution in [0.1, 0.15) is 17.4 Å². The highest BCUT2D eigenvalue weighted by molar-refractivity contribution is 9.10. The lowest BCUT2D eigenvalue weighted by molar-refractivity contribution is 0.0520. The maximum Gasteiger partial charge on any atom is 0.357 e. The Kier molecular flexibility index (Phi) is 5.15. The zero-order chi connectivity index (χ0) is 18.0. The van der Waals surface area contributed by atoms with Crippen molar-refractivity contribution in [1.82, 2.24) is 19.7 Å². The number of hydrogen-bond acceptors (Lipinski definition) is 5. The quantitative estimate of drug-likeness (QED) is 0.592. The predicted molar refractivity (Wildman–Crippen MR) is 98.3 cm³/mol. The Labute approximate surface area is 157 Å². The molecule has 128 valence electrons. The number of rotatable bonds is 4. The first kappa shape index (κ1) is 17.6. The molecule has 0 fully saturated rings. The average molecular weight is 422 g/mol. The summed E-state index contributed by atoms with van der Waals surface area (Å²) in [5.74, 6) is -0.514. The molecule has 25 heavy (non-hydrogen) atoms. The number of aryl methyl sites for hydroxylation is 1. The highest BCUT2D eigenvalue weighted by Gasteiger charge is 2.21. The van der Waals surface area contributed by atoms with Gasteiger partial charge in [-0.15, -0.1) is 0 Å². The first-order chi connectivity index (χ1) is 12.0. The summed E-state index contributed by atoms with van der Waals surface area (Å²) in [6, 6.07) is 5.48. The molecule has 0 amide bonds. The van der Waals surface area contributed by atoms with E-state index in [1.807, 2.05) is 12.1 Å². The fourth-order valence-electron chi connectivity index (χ4n) is 2.43. The van der Waals surface area contributed by atoms with Gasteiger partial charge in [-0.05, 0) is 41.1 Å². The van der Waals surface area contributed by atoms with Gasteiger partial charge in [0.1, 0.15) is 0 Å². The van der Waals surface area contributed by atoms with Crippen LogP contribution < -0.4 is 0 Å². The largest absolute Gasteiger partial charge is 0.461 e. The van der Waals surface area contributed by atoms with Gasteiger partial charge in [-0.25, -0.2) is 9.78 Å². The Hall–Kier alpha value is -2.25. The van der Waals surface area contributed by atoms with E-state index >= 15 is 0 Å². The van der Waals surface area contributed by atoms with Crippen molar-refractivity contribution in [2.24, 2.45) is 7.05 Å². The molecule has 3 aromatic heterocycles. The molecule has 0 saturated heterocycles. The molecule has 0 radical (unpaired) electrons. The summed E-state index contributed by atoms with van der Waals surface area (Å²) in [5, 5.41) is 4.56. The van der Waals surface area contributed by atoms with Crippen molar-refractivity contribution in [2.45, 2.75) is 6.92 Å². The summed E-state index contributed by atoms with van der Waals surface area (Å²) < 4.78 is 7.58. The average Bonchev–Trinajstić information content (AvgIpc) is 2.93. The third kappa shape index (κ3) is 3.57. The lowest BCUT2D eigenvalue weighted by atomic mass is 10.1. The van der Waals surface area contributed by atoms with Gasteiger partial charge >= 0.3 is 5.97 Å². The van der Waals surface area contributed by atoms with E-state index in [0.29, 0.717) is 22.0 Å². The van der Waals surface area contributed by atoms with Gasteiger partial charge in [0.15, 0.2) is 5.69 Å². The molecule has 0 aliphatic rings. The van der Waals surface area contributed by atoms with Crippen molar-refractivity contribution in [2.75, 3.05) is 6.61 Å². The normalized spacial score (nSPS) is 10.7. The number of carbonyl (C=O) groups is 1. The van der Waals surface area contributed by atoms with E-state index in [1.54, 1.807) is 37.1 Å². The Bertz CT molecular complexity index is 923. The van der Waals surface area contributed by atoms with Crippen molar-refractivity contribution < 1.29 is 9.53 Å². The number of esters is 1. The lowest BCUT2D eigenvalue weighted by Crippen LogP contribution is -2.11. The molecule has 3 aromatic rings. The minimum atomic E-state index is -0.514. The van der Waals surface area contributed by atoms with Crippen LogP contribution >= 0.6 is 27.5 Å². The topological polar surface area (TPSA) is 69.9 Å². The molecule has 0 N–H and O–H groups in total. The fraction of sp³-hybridized carbons (Fsp3) is 0.176. The summed E-state index contributed by atoms with van der Waals surface area (Å²) in [6.45, 7) is 2.00. The van der Waals surface area contributed by atoms with E-state index in [9.17, 15) is 4.79 Å². The molecule has 0 atom stereocenters. The maximum atomic E-state index is 12.5. The van der Waals surface area contributed by atoms with Crippen molar-refractivity contribution in [3.05, 3.63) is 52.0 Å². The molecule has 8 heteroatoms. The van der Waals surface area contributed by atoms with E-state index in [2.05, 4.69) is 31.0 Å². The van der Waals surface area contributed by atoms with Crippen LogP contribution in [-0.2, 0) is 11.8 Å². The Morgan fingerprint density at radius 2 is 2.12 bits per heavy atom. The monoisotopic (exact) mass is 420 g/mol. The molecular weight excluding hydrogens is 408 g/mol. The number of pyridine rings is 2. The van der Waals surface area contributed by atoms with Crippen LogP contribution in [0.3, 0.4) is 0 Å². The predicted octanol–water partition coefficient (Wildman–Crippen LogP) is 4.14. The van der Waals surface area contributed by atoms with E-state index in [-0.39, 0.29) is 12.3 Å². The molecule has 3 heterocycles. The van der Waals surface area contributed by atoms with Crippen LogP contribution in [0.2, 0.25) is 5.02 Å². The second kappa shape index (κ2) is 7.33. The van der Waals surface area contributed by atoms with Gasteiger partial charge in [-0.1, -0.05) is 11.6 Å². The van der Waals surface area contributed by atoms with Crippen LogP contribution in [0, 0.1) is 0 Å². The van der Waals surface area contributed by atoms with Gasteiger partial charge in [0.2, 0.25) is 0 Å². The fourth-order valence-corrected chi connectivity index (χ4v) is 3.06. The zero-order valence-corrected chi connectivity index (χ0v) is 15.9. The van der Waals surface area contributed by atoms with Crippen molar-refractivity contribution in [3.63, 3.8) is 0 Å². The third-order valence-corrected chi connectivity index (χ3v) is 4.22. The highest BCUT2D eigenvalue weighted by atomic mass is 79.9. The molecular formula is C17H14BrClN4O2. The summed E-state index contributed by atoms with van der Waals surface area (Å²) in [6.07, 6.45) is 4.89. The van der Waals surface area contributed by atoms with Crippen molar-refractivity contribution in [3.8, 4) is 22.5 Å². The molecule has 3 rings (SSSR count). The minimum absolute atomic E-state index is 0.185. The standard InChI is InChI=1S/C17H14BrClN4O2/c1-3-25-17(24)15-12(16-13(19)9-21-23(16)2)4-5-14(22-15)10-6-11(18)8-20-7-10/h4-9H,3H2,1-2H3. The van der Waals surface area contributed by atoms with Crippen LogP contribution in [0.4, 0.5) is 0 Å². The van der Waals surface area contributed by atoms with Gasteiger partial charge in [0, 0.05) is 35.0 Å². The van der Waals surface area contributed by atoms with E-state index in [4.69, 9.17) is 16.3 Å². The second-order valence-corrected chi connectivity index (χ2v) is 6.49. The number of nitrogens with zero attached hydrogens (tertiary/aromatic N) is 4. The first-order valence-electron chi connectivity index (χ1n) is 7.48. The molecule has 6 nitrogen and oxygen atoms in total. The van der Waals surface area contributed by atoms with Gasteiger partial charge < -0.3 is 4.74 Å². The van der Waals surface area contributed by atoms with Gasteiger partial charge in [-0.2, -0.15) is 5.10 Å². The van der Waals surface area contributed by atoms with Gasteiger partial charge in [-0.3, -0.25) is 9.67 Å². The summed E-state index contributed by atoms with van der Waals surface area (Å²) in [5.41, 5.74) is 2.75. The van der Waals surface area contributed by atoms with E-state index in [1.165, 1.54) is 6.20 Å². The summed E-state index contributed by atoms with van der Waals surface area (Å²) in [7, 11) is 1.75. The Morgan fingerprint density at radius 1 is 1.32 bits per heavy atom. The zero-order valence-electron chi connectivity index (χ0n) is 13.5. The SMILES string of the molecule is CCOC(=O)c1nc(-c2cncc(Br)c2)ccc1-c1c(Cl)cnn1C. The van der Waals surface area contributed by atoms with E-state index in [0.717, 1.165) is 10.0 Å². The molecule has 0 bridgehead atoms. The molecule has 0 saturated carbocycles. The van der Waals surface area contributed by atoms with Crippen LogP contribution in [0.15, 0.2) is 41.3 Å². The Balaban J connectivity index is 2.18. The highest BCUT2D eigenvalue weighted by Crippen LogP contribution is 2.31. The van der Waals surface area contributed by atoms with Gasteiger partial charge in [0.05, 0.1) is 29.2 Å². The number of hydrogen-bond donors (Lipinski definition) is 0. The first-order valence-corrected chi connectivity index (χ1v) is 8.65. The molecule has 0 aliphatic carbocycles. The van der Waals surface area contributed by atoms with Crippen LogP contribution in [0.25, 0.3) is 22.5 Å². The molecule has 0 aromatic carbocycles. The summed E-state index contributed by atoms with van der Waals surface area (Å²) in [4.78, 5) is 21.1. The van der Waals surface area contributed by atoms with Crippen LogP contribution in [-0.4, -0.2) is 32.3 Å². The third-order valence-electron chi connectivity index (χ3n) is 3.51. The second-order valence-electron chi connectivity index (χ2n) is 5.17. The number of halogens is 2. The smallest absolute Gasteiger partial charge is 0.357 e. The minimum Gasteiger partial charge on any atom is -0.461 e. The maximum absolute atomic E-state index is 12.5.